The number of benzene rings is 2. The van der Waals surface area contributed by atoms with Gasteiger partial charge in [0.25, 0.3) is 0 Å². The number of hydrogen-bond donors (Lipinski definition) is 1. The minimum absolute atomic E-state index is 0.255. The van der Waals surface area contributed by atoms with Crippen molar-refractivity contribution in [3.63, 3.8) is 0 Å². The van der Waals surface area contributed by atoms with Gasteiger partial charge in [0.05, 0.1) is 15.9 Å². The quantitative estimate of drug-likeness (QED) is 0.770. The molecule has 0 atom stereocenters. The van der Waals surface area contributed by atoms with Crippen LogP contribution in [0.2, 0.25) is 0 Å². The van der Waals surface area contributed by atoms with Crippen LogP contribution in [0, 0.1) is 0 Å². The molecule has 0 aliphatic carbocycles. The number of aromatic amines is 1. The maximum absolute atomic E-state index is 11.9. The number of hydrogen-bond acceptors (Lipinski definition) is 3. The van der Waals surface area contributed by atoms with Crippen LogP contribution < -0.4 is 0 Å². The number of para-hydroxylation sites is 2. The van der Waals surface area contributed by atoms with Crippen LogP contribution >= 0.6 is 15.9 Å². The minimum atomic E-state index is -3.33. The van der Waals surface area contributed by atoms with Gasteiger partial charge in [-0.1, -0.05) is 28.1 Å². The lowest BCUT2D eigenvalue weighted by Gasteiger charge is -2.06. The summed E-state index contributed by atoms with van der Waals surface area (Å²) in [5.74, 6) is 0.555. The molecule has 0 spiro atoms. The first-order valence-electron chi connectivity index (χ1n) is 5.90. The summed E-state index contributed by atoms with van der Waals surface area (Å²) in [5, 5.41) is 0. The molecule has 4 nitrogen and oxygen atoms in total. The Balaban J connectivity index is 2.29. The van der Waals surface area contributed by atoms with Crippen LogP contribution in [0.5, 0.6) is 0 Å². The Morgan fingerprint density at radius 2 is 1.90 bits per heavy atom. The van der Waals surface area contributed by atoms with Gasteiger partial charge in [-0.25, -0.2) is 13.4 Å². The summed E-state index contributed by atoms with van der Waals surface area (Å²) in [5.41, 5.74) is 2.27. The fraction of sp³-hybridized carbons (Fsp3) is 0.0714. The average molecular weight is 351 g/mol. The molecule has 3 rings (SSSR count). The Bertz CT molecular complexity index is 867. The maximum atomic E-state index is 11.9. The smallest absolute Gasteiger partial charge is 0.176 e. The van der Waals surface area contributed by atoms with E-state index in [0.29, 0.717) is 11.4 Å². The van der Waals surface area contributed by atoms with Gasteiger partial charge in [0, 0.05) is 16.3 Å². The molecule has 1 N–H and O–H groups in total. The first kappa shape index (κ1) is 13.3. The van der Waals surface area contributed by atoms with Gasteiger partial charge in [0.15, 0.2) is 9.84 Å². The molecule has 1 aromatic heterocycles. The van der Waals surface area contributed by atoms with Crippen LogP contribution in [0.3, 0.4) is 0 Å². The molecule has 0 fully saturated rings. The van der Waals surface area contributed by atoms with Gasteiger partial charge in [-0.15, -0.1) is 0 Å². The molecular weight excluding hydrogens is 340 g/mol. The van der Waals surface area contributed by atoms with Gasteiger partial charge in [0.2, 0.25) is 0 Å². The van der Waals surface area contributed by atoms with E-state index in [4.69, 9.17) is 0 Å². The fourth-order valence-electron chi connectivity index (χ4n) is 2.08. The zero-order valence-electron chi connectivity index (χ0n) is 10.6. The van der Waals surface area contributed by atoms with Crippen molar-refractivity contribution in [1.82, 2.24) is 9.97 Å². The molecule has 1 heterocycles. The van der Waals surface area contributed by atoms with Crippen LogP contribution in [0.1, 0.15) is 0 Å². The highest BCUT2D eigenvalue weighted by molar-refractivity contribution is 9.10. The first-order chi connectivity index (χ1) is 9.45. The number of imidazole rings is 1. The van der Waals surface area contributed by atoms with Crippen molar-refractivity contribution in [2.75, 3.05) is 6.26 Å². The molecule has 20 heavy (non-hydrogen) atoms. The molecule has 0 unspecified atom stereocenters. The van der Waals surface area contributed by atoms with E-state index in [0.717, 1.165) is 15.5 Å². The fourth-order valence-corrected chi connectivity index (χ4v) is 3.50. The number of nitrogens with one attached hydrogen (secondary N) is 1. The van der Waals surface area contributed by atoms with E-state index in [2.05, 4.69) is 25.9 Å². The highest BCUT2D eigenvalue weighted by atomic mass is 79.9. The Morgan fingerprint density at radius 1 is 1.15 bits per heavy atom. The Labute approximate surface area is 124 Å². The normalized spacial score (nSPS) is 11.9. The second-order valence-electron chi connectivity index (χ2n) is 4.52. The molecule has 6 heteroatoms. The largest absolute Gasteiger partial charge is 0.338 e. The number of sulfone groups is 1. The van der Waals surface area contributed by atoms with Gasteiger partial charge in [-0.05, 0) is 30.3 Å². The number of halogens is 1. The molecule has 0 amide bonds. The monoisotopic (exact) mass is 350 g/mol. The average Bonchev–Trinajstić information content (AvgIpc) is 2.81. The lowest BCUT2D eigenvalue weighted by atomic mass is 10.2. The van der Waals surface area contributed by atoms with Crippen LogP contribution in [0.4, 0.5) is 0 Å². The van der Waals surface area contributed by atoms with E-state index in [-0.39, 0.29) is 4.90 Å². The summed E-state index contributed by atoms with van der Waals surface area (Å²) in [6, 6.07) is 12.7. The molecule has 0 saturated carbocycles. The molecule has 0 saturated heterocycles. The molecule has 0 radical (unpaired) electrons. The van der Waals surface area contributed by atoms with Gasteiger partial charge in [0.1, 0.15) is 5.82 Å². The Morgan fingerprint density at radius 3 is 2.60 bits per heavy atom. The second kappa shape index (κ2) is 4.71. The molecule has 0 aliphatic rings. The number of fused-ring (bicyclic) bond motifs is 1. The van der Waals surface area contributed by atoms with E-state index in [1.54, 1.807) is 18.2 Å². The lowest BCUT2D eigenvalue weighted by Crippen LogP contribution is -2.00. The van der Waals surface area contributed by atoms with E-state index in [9.17, 15) is 8.42 Å². The van der Waals surface area contributed by atoms with E-state index < -0.39 is 9.84 Å². The molecule has 3 aromatic rings. The number of nitrogens with zero attached hydrogens (tertiary/aromatic N) is 1. The SMILES string of the molecule is CS(=O)(=O)c1cc(Br)ccc1-c1nc2ccccc2[nH]1. The number of H-pyrrole nitrogens is 1. The number of aromatic nitrogens is 2. The molecule has 0 aliphatic heterocycles. The third kappa shape index (κ3) is 2.36. The summed E-state index contributed by atoms with van der Waals surface area (Å²) in [7, 11) is -3.33. The molecule has 2 aromatic carbocycles. The summed E-state index contributed by atoms with van der Waals surface area (Å²) >= 11 is 3.30. The van der Waals surface area contributed by atoms with Gasteiger partial charge in [-0.3, -0.25) is 0 Å². The lowest BCUT2D eigenvalue weighted by molar-refractivity contribution is 0.602. The van der Waals surface area contributed by atoms with E-state index in [1.165, 1.54) is 6.26 Å². The third-order valence-corrected chi connectivity index (χ3v) is 4.62. The van der Waals surface area contributed by atoms with Gasteiger partial charge >= 0.3 is 0 Å². The van der Waals surface area contributed by atoms with Crippen molar-refractivity contribution in [2.24, 2.45) is 0 Å². The molecular formula is C14H11BrN2O2S. The summed E-state index contributed by atoms with van der Waals surface area (Å²) in [4.78, 5) is 7.86. The standard InChI is InChI=1S/C14H11BrN2O2S/c1-20(18,19)13-8-9(15)6-7-10(13)14-16-11-4-2-3-5-12(11)17-14/h2-8H,1H3,(H,16,17). The molecule has 0 bridgehead atoms. The zero-order valence-corrected chi connectivity index (χ0v) is 13.0. The Hall–Kier alpha value is -1.66. The van der Waals surface area contributed by atoms with Gasteiger partial charge < -0.3 is 4.98 Å². The van der Waals surface area contributed by atoms with Crippen LogP contribution in [-0.2, 0) is 9.84 Å². The van der Waals surface area contributed by atoms with Crippen LogP contribution in [0.25, 0.3) is 22.4 Å². The topological polar surface area (TPSA) is 62.8 Å². The minimum Gasteiger partial charge on any atom is -0.338 e. The molecule has 102 valence electrons. The van der Waals surface area contributed by atoms with Crippen LogP contribution in [-0.4, -0.2) is 24.6 Å². The summed E-state index contributed by atoms with van der Waals surface area (Å²) in [6.45, 7) is 0. The van der Waals surface area contributed by atoms with Crippen molar-refractivity contribution in [1.29, 1.82) is 0 Å². The van der Waals surface area contributed by atoms with E-state index >= 15 is 0 Å². The highest BCUT2D eigenvalue weighted by Crippen LogP contribution is 2.29. The summed E-state index contributed by atoms with van der Waals surface area (Å²) < 4.78 is 24.6. The van der Waals surface area contributed by atoms with E-state index in [1.807, 2.05) is 24.3 Å². The Kier molecular flexibility index (Phi) is 3.14. The number of rotatable bonds is 2. The van der Waals surface area contributed by atoms with Crippen molar-refractivity contribution in [2.45, 2.75) is 4.90 Å². The maximum Gasteiger partial charge on any atom is 0.176 e. The predicted octanol–water partition coefficient (Wildman–Crippen LogP) is 3.40. The van der Waals surface area contributed by atoms with Crippen molar-refractivity contribution < 1.29 is 8.42 Å². The van der Waals surface area contributed by atoms with Crippen molar-refractivity contribution in [3.05, 3.63) is 46.9 Å². The predicted molar refractivity (Wildman–Crippen MR) is 82.3 cm³/mol. The summed E-state index contributed by atoms with van der Waals surface area (Å²) in [6.07, 6.45) is 1.20. The first-order valence-corrected chi connectivity index (χ1v) is 8.58. The second-order valence-corrected chi connectivity index (χ2v) is 7.42. The van der Waals surface area contributed by atoms with Crippen molar-refractivity contribution in [3.8, 4) is 11.4 Å². The zero-order chi connectivity index (χ0) is 14.3. The van der Waals surface area contributed by atoms with Gasteiger partial charge in [-0.2, -0.15) is 0 Å². The third-order valence-electron chi connectivity index (χ3n) is 2.99. The van der Waals surface area contributed by atoms with Crippen LogP contribution in [0.15, 0.2) is 51.8 Å². The van der Waals surface area contributed by atoms with Crippen molar-refractivity contribution >= 4 is 36.8 Å². The highest BCUT2D eigenvalue weighted by Gasteiger charge is 2.17.